The van der Waals surface area contributed by atoms with Crippen LogP contribution in [-0.4, -0.2) is 28.6 Å². The summed E-state index contributed by atoms with van der Waals surface area (Å²) in [6, 6.07) is 12.5. The second kappa shape index (κ2) is 6.68. The normalized spacial score (nSPS) is 10.6. The Kier molecular flexibility index (Phi) is 4.43. The highest BCUT2D eigenvalue weighted by Gasteiger charge is 2.14. The van der Waals surface area contributed by atoms with Gasteiger partial charge in [0.05, 0.1) is 5.56 Å². The molecule has 0 saturated heterocycles. The molecule has 3 rings (SSSR count). The van der Waals surface area contributed by atoms with Gasteiger partial charge in [-0.25, -0.2) is 4.79 Å². The van der Waals surface area contributed by atoms with E-state index < -0.39 is 12.6 Å². The summed E-state index contributed by atoms with van der Waals surface area (Å²) in [6.07, 6.45) is 0. The number of carboxylic acids is 1. The third kappa shape index (κ3) is 3.47. The zero-order valence-corrected chi connectivity index (χ0v) is 13.9. The first-order valence-electron chi connectivity index (χ1n) is 7.79. The van der Waals surface area contributed by atoms with Crippen LogP contribution in [-0.2, 0) is 4.79 Å². The molecular weight excluding hydrogens is 320 g/mol. The van der Waals surface area contributed by atoms with Crippen LogP contribution in [0.5, 0.6) is 5.75 Å². The number of ether oxygens (including phenoxy) is 1. The summed E-state index contributed by atoms with van der Waals surface area (Å²) in [4.78, 5) is 26.4. The molecule has 0 aliphatic rings. The van der Waals surface area contributed by atoms with Crippen LogP contribution in [0.25, 0.3) is 10.8 Å². The number of aromatic amines is 1. The van der Waals surface area contributed by atoms with E-state index >= 15 is 0 Å². The minimum atomic E-state index is -1.04. The second-order valence-electron chi connectivity index (χ2n) is 5.78. The fraction of sp³-hybridized carbons (Fsp3) is 0.158. The number of nitrogens with one attached hydrogen (secondary N) is 2. The minimum Gasteiger partial charge on any atom is -0.481 e. The molecule has 1 heterocycles. The van der Waals surface area contributed by atoms with Gasteiger partial charge >= 0.3 is 5.97 Å². The van der Waals surface area contributed by atoms with Crippen molar-refractivity contribution in [1.82, 2.24) is 4.98 Å². The Labute approximate surface area is 144 Å². The van der Waals surface area contributed by atoms with Crippen LogP contribution < -0.4 is 10.1 Å². The van der Waals surface area contributed by atoms with Crippen molar-refractivity contribution in [2.45, 2.75) is 13.8 Å². The predicted molar refractivity (Wildman–Crippen MR) is 95.3 cm³/mol. The molecular formula is C19H18N2O4. The Morgan fingerprint density at radius 1 is 1.12 bits per heavy atom. The summed E-state index contributed by atoms with van der Waals surface area (Å²) >= 11 is 0. The van der Waals surface area contributed by atoms with Gasteiger partial charge in [-0.15, -0.1) is 0 Å². The van der Waals surface area contributed by atoms with Crippen molar-refractivity contribution in [3.8, 4) is 5.75 Å². The van der Waals surface area contributed by atoms with E-state index in [1.165, 1.54) is 0 Å². The molecule has 0 saturated carbocycles. The summed E-state index contributed by atoms with van der Waals surface area (Å²) < 4.78 is 5.33. The first-order valence-corrected chi connectivity index (χ1v) is 7.79. The average molecular weight is 338 g/mol. The maximum Gasteiger partial charge on any atom is 0.341 e. The number of aromatic nitrogens is 1. The standard InChI is InChI=1S/C19H18N2O4/c1-11-9-15(12(2)20-11)19(24)21-16-7-8-17(25-10-18(22)23)14-6-4-3-5-13(14)16/h3-9,20H,10H2,1-2H3,(H,21,24)(H,22,23). The van der Waals surface area contributed by atoms with Crippen molar-refractivity contribution < 1.29 is 19.4 Å². The van der Waals surface area contributed by atoms with E-state index in [4.69, 9.17) is 9.84 Å². The van der Waals surface area contributed by atoms with Gasteiger partial charge in [-0.05, 0) is 32.0 Å². The Hall–Kier alpha value is -3.28. The summed E-state index contributed by atoms with van der Waals surface area (Å²) in [7, 11) is 0. The van der Waals surface area contributed by atoms with Gasteiger partial charge in [0.1, 0.15) is 5.75 Å². The topological polar surface area (TPSA) is 91.4 Å². The van der Waals surface area contributed by atoms with Gasteiger partial charge in [0, 0.05) is 27.8 Å². The number of carbonyl (C=O) groups excluding carboxylic acids is 1. The fourth-order valence-electron chi connectivity index (χ4n) is 2.80. The van der Waals surface area contributed by atoms with Crippen molar-refractivity contribution in [3.63, 3.8) is 0 Å². The van der Waals surface area contributed by atoms with Gasteiger partial charge in [-0.1, -0.05) is 24.3 Å². The molecule has 0 aliphatic carbocycles. The smallest absolute Gasteiger partial charge is 0.341 e. The molecule has 128 valence electrons. The zero-order chi connectivity index (χ0) is 18.0. The number of benzene rings is 2. The molecule has 0 aliphatic heterocycles. The summed E-state index contributed by atoms with van der Waals surface area (Å²) in [6.45, 7) is 3.33. The second-order valence-corrected chi connectivity index (χ2v) is 5.78. The van der Waals surface area contributed by atoms with E-state index in [0.717, 1.165) is 22.2 Å². The quantitative estimate of drug-likeness (QED) is 0.664. The number of rotatable bonds is 5. The lowest BCUT2D eigenvalue weighted by atomic mass is 10.1. The molecule has 3 aromatic rings. The molecule has 6 heteroatoms. The van der Waals surface area contributed by atoms with Gasteiger partial charge in [-0.3, -0.25) is 4.79 Å². The largest absolute Gasteiger partial charge is 0.481 e. The number of hydrogen-bond acceptors (Lipinski definition) is 3. The fourth-order valence-corrected chi connectivity index (χ4v) is 2.80. The van der Waals surface area contributed by atoms with E-state index in [-0.39, 0.29) is 5.91 Å². The van der Waals surface area contributed by atoms with Crippen LogP contribution in [0.15, 0.2) is 42.5 Å². The van der Waals surface area contributed by atoms with Gasteiger partial charge < -0.3 is 20.1 Å². The van der Waals surface area contributed by atoms with Gasteiger partial charge in [0.15, 0.2) is 6.61 Å². The molecule has 0 radical (unpaired) electrons. The van der Waals surface area contributed by atoms with Crippen molar-refractivity contribution in [1.29, 1.82) is 0 Å². The van der Waals surface area contributed by atoms with E-state index in [9.17, 15) is 9.59 Å². The molecule has 1 amide bonds. The molecule has 1 aromatic heterocycles. The molecule has 0 spiro atoms. The summed E-state index contributed by atoms with van der Waals surface area (Å²) in [5, 5.41) is 13.2. The SMILES string of the molecule is Cc1cc(C(=O)Nc2ccc(OCC(=O)O)c3ccccc23)c(C)[nH]1. The Balaban J connectivity index is 1.94. The number of aliphatic carboxylic acids is 1. The maximum absolute atomic E-state index is 12.6. The van der Waals surface area contributed by atoms with E-state index in [0.29, 0.717) is 17.0 Å². The Morgan fingerprint density at radius 3 is 2.48 bits per heavy atom. The monoisotopic (exact) mass is 338 g/mol. The molecule has 0 unspecified atom stereocenters. The first-order chi connectivity index (χ1) is 12.0. The van der Waals surface area contributed by atoms with Crippen molar-refractivity contribution in [2.24, 2.45) is 0 Å². The van der Waals surface area contributed by atoms with E-state index in [2.05, 4.69) is 10.3 Å². The third-order valence-electron chi connectivity index (χ3n) is 3.88. The van der Waals surface area contributed by atoms with Crippen LogP contribution in [0.1, 0.15) is 21.7 Å². The predicted octanol–water partition coefficient (Wildman–Crippen LogP) is 3.50. The van der Waals surface area contributed by atoms with Crippen molar-refractivity contribution >= 4 is 28.3 Å². The summed E-state index contributed by atoms with van der Waals surface area (Å²) in [5.41, 5.74) is 2.96. The number of aryl methyl sites for hydroxylation is 2. The number of amides is 1. The van der Waals surface area contributed by atoms with E-state index in [1.54, 1.807) is 18.2 Å². The lowest BCUT2D eigenvalue weighted by Gasteiger charge is -2.12. The van der Waals surface area contributed by atoms with Crippen LogP contribution in [0.4, 0.5) is 5.69 Å². The Bertz CT molecular complexity index is 959. The maximum atomic E-state index is 12.6. The zero-order valence-electron chi connectivity index (χ0n) is 13.9. The van der Waals surface area contributed by atoms with Crippen molar-refractivity contribution in [2.75, 3.05) is 11.9 Å². The molecule has 6 nitrogen and oxygen atoms in total. The van der Waals surface area contributed by atoms with Gasteiger partial charge in [0.2, 0.25) is 0 Å². The van der Waals surface area contributed by atoms with Gasteiger partial charge in [0.25, 0.3) is 5.91 Å². The van der Waals surface area contributed by atoms with Crippen LogP contribution >= 0.6 is 0 Å². The first kappa shape index (κ1) is 16.6. The molecule has 3 N–H and O–H groups in total. The van der Waals surface area contributed by atoms with Crippen LogP contribution in [0, 0.1) is 13.8 Å². The number of carboxylic acid groups (broad SMARTS) is 1. The lowest BCUT2D eigenvalue weighted by molar-refractivity contribution is -0.139. The minimum absolute atomic E-state index is 0.203. The summed E-state index contributed by atoms with van der Waals surface area (Å²) in [5.74, 6) is -0.782. The van der Waals surface area contributed by atoms with Crippen LogP contribution in [0.3, 0.4) is 0 Å². The molecule has 2 aromatic carbocycles. The molecule has 0 fully saturated rings. The highest BCUT2D eigenvalue weighted by Crippen LogP contribution is 2.32. The number of carbonyl (C=O) groups is 2. The molecule has 0 atom stereocenters. The highest BCUT2D eigenvalue weighted by molar-refractivity contribution is 6.10. The van der Waals surface area contributed by atoms with Gasteiger partial charge in [-0.2, -0.15) is 0 Å². The van der Waals surface area contributed by atoms with E-state index in [1.807, 2.05) is 38.1 Å². The molecule has 0 bridgehead atoms. The molecule has 25 heavy (non-hydrogen) atoms. The van der Waals surface area contributed by atoms with Crippen LogP contribution in [0.2, 0.25) is 0 Å². The number of anilines is 1. The Morgan fingerprint density at radius 2 is 1.84 bits per heavy atom. The average Bonchev–Trinajstić information content (AvgIpc) is 2.92. The lowest BCUT2D eigenvalue weighted by Crippen LogP contribution is -2.13. The highest BCUT2D eigenvalue weighted by atomic mass is 16.5. The third-order valence-corrected chi connectivity index (χ3v) is 3.88. The number of hydrogen-bond donors (Lipinski definition) is 3. The van der Waals surface area contributed by atoms with Crippen molar-refractivity contribution in [3.05, 3.63) is 59.4 Å². The number of fused-ring (bicyclic) bond motifs is 1. The number of H-pyrrole nitrogens is 1.